The van der Waals surface area contributed by atoms with E-state index in [-0.39, 0.29) is 5.50 Å². The van der Waals surface area contributed by atoms with Gasteiger partial charge in [0.25, 0.3) is 0 Å². The van der Waals surface area contributed by atoms with Crippen molar-refractivity contribution < 1.29 is 0 Å². The minimum absolute atomic E-state index is 0.0643. The summed E-state index contributed by atoms with van der Waals surface area (Å²) in [6.45, 7) is 3.59. The molecule has 1 aromatic heterocycles. The lowest BCUT2D eigenvalue weighted by atomic mass is 10.1. The Morgan fingerprint density at radius 3 is 2.72 bits per heavy atom. The molecular weight excluding hydrogens is 373 g/mol. The molecule has 4 rings (SSSR count). The summed E-state index contributed by atoms with van der Waals surface area (Å²) in [6.07, 6.45) is 0. The number of alkyl halides is 2. The molecule has 3 nitrogen and oxygen atoms in total. The van der Waals surface area contributed by atoms with Gasteiger partial charge in [-0.1, -0.05) is 59.3 Å². The minimum atomic E-state index is -0.0643. The Balaban J connectivity index is 1.44. The molecule has 0 radical (unpaired) electrons. The number of piperazine rings is 1. The summed E-state index contributed by atoms with van der Waals surface area (Å²) in [5, 5.41) is 1.02. The van der Waals surface area contributed by atoms with Crippen LogP contribution < -0.4 is 4.90 Å². The van der Waals surface area contributed by atoms with Crippen molar-refractivity contribution in [2.75, 3.05) is 24.5 Å². The van der Waals surface area contributed by atoms with Crippen LogP contribution in [-0.4, -0.2) is 35.0 Å². The summed E-state index contributed by atoms with van der Waals surface area (Å²) in [5.41, 5.74) is 3.43. The van der Waals surface area contributed by atoms with Crippen LogP contribution in [0.4, 0.5) is 5.13 Å². The van der Waals surface area contributed by atoms with Gasteiger partial charge in [0.1, 0.15) is 5.50 Å². The number of benzene rings is 2. The van der Waals surface area contributed by atoms with Gasteiger partial charge >= 0.3 is 0 Å². The summed E-state index contributed by atoms with van der Waals surface area (Å²) in [6, 6.07) is 16.7. The van der Waals surface area contributed by atoms with Gasteiger partial charge < -0.3 is 4.90 Å². The molecule has 1 aliphatic rings. The number of anilines is 1. The van der Waals surface area contributed by atoms with Gasteiger partial charge in [-0.3, -0.25) is 4.90 Å². The predicted molar refractivity (Wildman–Crippen MR) is 108 cm³/mol. The third-order valence-corrected chi connectivity index (χ3v) is 6.24. The molecule has 3 aromatic rings. The number of para-hydroxylation sites is 1. The first-order valence-electron chi connectivity index (χ1n) is 8.35. The Morgan fingerprint density at radius 1 is 1.08 bits per heavy atom. The van der Waals surface area contributed by atoms with E-state index in [1.165, 1.54) is 10.3 Å². The first-order valence-corrected chi connectivity index (χ1v) is 10.1. The van der Waals surface area contributed by atoms with E-state index in [1.54, 1.807) is 11.3 Å². The molecule has 1 aliphatic heterocycles. The molecule has 2 aromatic carbocycles. The zero-order chi connectivity index (χ0) is 17.2. The molecule has 0 spiro atoms. The zero-order valence-electron chi connectivity index (χ0n) is 13.7. The number of hydrogen-bond acceptors (Lipinski definition) is 4. The summed E-state index contributed by atoms with van der Waals surface area (Å²) >= 11 is 14.3. The second-order valence-electron chi connectivity index (χ2n) is 6.28. The van der Waals surface area contributed by atoms with Gasteiger partial charge in [-0.15, -0.1) is 11.6 Å². The Morgan fingerprint density at radius 2 is 1.92 bits per heavy atom. The van der Waals surface area contributed by atoms with Gasteiger partial charge in [-0.05, 0) is 23.3 Å². The Kier molecular flexibility index (Phi) is 5.13. The Hall–Kier alpha value is -1.33. The second kappa shape index (κ2) is 7.50. The number of halogens is 2. The largest absolute Gasteiger partial charge is 0.329 e. The molecule has 6 heteroatoms. The lowest BCUT2D eigenvalue weighted by Gasteiger charge is -2.38. The van der Waals surface area contributed by atoms with Crippen molar-refractivity contribution in [2.45, 2.75) is 17.9 Å². The van der Waals surface area contributed by atoms with Gasteiger partial charge in [0, 0.05) is 32.1 Å². The number of hydrogen-bond donors (Lipinski definition) is 0. The van der Waals surface area contributed by atoms with E-state index in [1.807, 2.05) is 6.07 Å². The standard InChI is InChI=1S/C19H19Cl2N3S/c20-11-14-4-3-5-15(10-14)12-23-8-9-24(18(21)13-23)19-22-16-6-1-2-7-17(16)25-19/h1-7,10,18H,8-9,11-13H2. The first kappa shape index (κ1) is 17.1. The average Bonchev–Trinajstić information content (AvgIpc) is 3.05. The van der Waals surface area contributed by atoms with Crippen molar-refractivity contribution in [1.29, 1.82) is 0 Å². The second-order valence-corrected chi connectivity index (χ2v) is 8.06. The number of nitrogens with zero attached hydrogens (tertiary/aromatic N) is 3. The number of fused-ring (bicyclic) bond motifs is 1. The highest BCUT2D eigenvalue weighted by Crippen LogP contribution is 2.32. The SMILES string of the molecule is ClCc1cccc(CN2CCN(c3nc4ccccc4s3)C(Cl)C2)c1. The molecule has 0 N–H and O–H groups in total. The molecule has 130 valence electrons. The Labute approximate surface area is 161 Å². The smallest absolute Gasteiger partial charge is 0.187 e. The van der Waals surface area contributed by atoms with E-state index in [0.717, 1.165) is 42.4 Å². The molecule has 1 saturated heterocycles. The van der Waals surface area contributed by atoms with Crippen LogP contribution >= 0.6 is 34.5 Å². The van der Waals surface area contributed by atoms with Crippen molar-refractivity contribution in [3.8, 4) is 0 Å². The van der Waals surface area contributed by atoms with Gasteiger partial charge in [0.2, 0.25) is 0 Å². The van der Waals surface area contributed by atoms with Gasteiger partial charge in [-0.25, -0.2) is 4.98 Å². The molecule has 1 fully saturated rings. The first-order chi connectivity index (χ1) is 12.2. The minimum Gasteiger partial charge on any atom is -0.329 e. The molecule has 0 bridgehead atoms. The topological polar surface area (TPSA) is 19.4 Å². The average molecular weight is 392 g/mol. The fourth-order valence-electron chi connectivity index (χ4n) is 3.20. The molecule has 0 amide bonds. The molecule has 1 atom stereocenters. The highest BCUT2D eigenvalue weighted by atomic mass is 35.5. The van der Waals surface area contributed by atoms with Crippen molar-refractivity contribution in [1.82, 2.24) is 9.88 Å². The van der Waals surface area contributed by atoms with Gasteiger partial charge in [-0.2, -0.15) is 0 Å². The van der Waals surface area contributed by atoms with E-state index in [9.17, 15) is 0 Å². The van der Waals surface area contributed by atoms with Crippen LogP contribution in [0.3, 0.4) is 0 Å². The van der Waals surface area contributed by atoms with Crippen LogP contribution in [0.1, 0.15) is 11.1 Å². The van der Waals surface area contributed by atoms with E-state index < -0.39 is 0 Å². The fraction of sp³-hybridized carbons (Fsp3) is 0.316. The van der Waals surface area contributed by atoms with Crippen molar-refractivity contribution in [3.63, 3.8) is 0 Å². The van der Waals surface area contributed by atoms with Crippen LogP contribution in [-0.2, 0) is 12.4 Å². The van der Waals surface area contributed by atoms with Crippen LogP contribution in [0.2, 0.25) is 0 Å². The molecule has 2 heterocycles. The zero-order valence-corrected chi connectivity index (χ0v) is 16.1. The molecule has 0 aliphatic carbocycles. The number of thiazole rings is 1. The van der Waals surface area contributed by atoms with E-state index in [4.69, 9.17) is 28.2 Å². The third-order valence-electron chi connectivity index (χ3n) is 4.48. The van der Waals surface area contributed by atoms with Crippen LogP contribution in [0, 0.1) is 0 Å². The van der Waals surface area contributed by atoms with E-state index in [2.05, 4.69) is 52.3 Å². The van der Waals surface area contributed by atoms with Crippen molar-refractivity contribution in [2.24, 2.45) is 0 Å². The van der Waals surface area contributed by atoms with Crippen molar-refractivity contribution >= 4 is 49.9 Å². The summed E-state index contributed by atoms with van der Waals surface area (Å²) in [4.78, 5) is 9.36. The van der Waals surface area contributed by atoms with Crippen LogP contribution in [0.5, 0.6) is 0 Å². The Bertz CT molecular complexity index is 834. The third kappa shape index (κ3) is 3.77. The normalized spacial score (nSPS) is 18.8. The summed E-state index contributed by atoms with van der Waals surface area (Å²) in [5.74, 6) is 0.553. The summed E-state index contributed by atoms with van der Waals surface area (Å²) in [7, 11) is 0. The molecule has 0 saturated carbocycles. The van der Waals surface area contributed by atoms with E-state index in [0.29, 0.717) is 5.88 Å². The monoisotopic (exact) mass is 391 g/mol. The van der Waals surface area contributed by atoms with Crippen molar-refractivity contribution in [3.05, 3.63) is 59.7 Å². The van der Waals surface area contributed by atoms with Gasteiger partial charge in [0.15, 0.2) is 5.13 Å². The van der Waals surface area contributed by atoms with Crippen LogP contribution in [0.25, 0.3) is 10.2 Å². The maximum absolute atomic E-state index is 6.69. The highest BCUT2D eigenvalue weighted by Gasteiger charge is 2.27. The van der Waals surface area contributed by atoms with E-state index >= 15 is 0 Å². The lowest BCUT2D eigenvalue weighted by Crippen LogP contribution is -2.50. The fourth-order valence-corrected chi connectivity index (χ4v) is 4.85. The van der Waals surface area contributed by atoms with Crippen LogP contribution in [0.15, 0.2) is 48.5 Å². The summed E-state index contributed by atoms with van der Waals surface area (Å²) < 4.78 is 1.21. The van der Waals surface area contributed by atoms with Gasteiger partial charge in [0.05, 0.1) is 10.2 Å². The lowest BCUT2D eigenvalue weighted by molar-refractivity contribution is 0.239. The quantitative estimate of drug-likeness (QED) is 0.464. The maximum atomic E-state index is 6.69. The molecular formula is C19H19Cl2N3S. The predicted octanol–water partition coefficient (Wildman–Crippen LogP) is 4.92. The maximum Gasteiger partial charge on any atom is 0.187 e. The molecule has 1 unspecified atom stereocenters. The highest BCUT2D eigenvalue weighted by molar-refractivity contribution is 7.22. The number of aromatic nitrogens is 1. The molecule has 25 heavy (non-hydrogen) atoms. The number of rotatable bonds is 4.